The smallest absolute Gasteiger partial charge is 0.224 e. The van der Waals surface area contributed by atoms with Crippen molar-refractivity contribution in [1.29, 1.82) is 0 Å². The number of hydrogen-bond donors (Lipinski definition) is 2. The molecule has 1 saturated carbocycles. The Labute approximate surface area is 111 Å². The third-order valence-electron chi connectivity index (χ3n) is 4.00. The summed E-state index contributed by atoms with van der Waals surface area (Å²) in [6.07, 6.45) is 7.23. The number of carbonyl (C=O) groups is 1. The van der Waals surface area contributed by atoms with Crippen LogP contribution in [0.4, 0.5) is 0 Å². The standard InChI is InChI=1S/C14H29N3O/c1-3-6-12(11-15)14(18)16-9-10-17(2)13-7-4-5-8-13/h12-13H,3-11,15H2,1-2H3,(H,16,18). The van der Waals surface area contributed by atoms with Gasteiger partial charge in [0, 0.05) is 25.7 Å². The molecule has 1 fully saturated rings. The first-order chi connectivity index (χ1) is 8.69. The Bertz CT molecular complexity index is 239. The molecule has 0 aromatic rings. The molecule has 0 heterocycles. The molecular weight excluding hydrogens is 226 g/mol. The number of carbonyl (C=O) groups excluding carboxylic acids is 1. The summed E-state index contributed by atoms with van der Waals surface area (Å²) in [4.78, 5) is 14.2. The summed E-state index contributed by atoms with van der Waals surface area (Å²) < 4.78 is 0. The average molecular weight is 255 g/mol. The Kier molecular flexibility index (Phi) is 7.28. The van der Waals surface area contributed by atoms with Crippen LogP contribution in [0.1, 0.15) is 45.4 Å². The van der Waals surface area contributed by atoms with E-state index in [1.165, 1.54) is 25.7 Å². The van der Waals surface area contributed by atoms with E-state index in [2.05, 4.69) is 24.2 Å². The zero-order valence-corrected chi connectivity index (χ0v) is 12.0. The highest BCUT2D eigenvalue weighted by Gasteiger charge is 2.20. The molecule has 0 spiro atoms. The Balaban J connectivity index is 2.17. The van der Waals surface area contributed by atoms with E-state index in [0.29, 0.717) is 6.54 Å². The van der Waals surface area contributed by atoms with Crippen molar-refractivity contribution in [2.75, 3.05) is 26.7 Å². The maximum absolute atomic E-state index is 11.9. The minimum atomic E-state index is -0.00760. The fourth-order valence-corrected chi connectivity index (χ4v) is 2.73. The highest BCUT2D eigenvalue weighted by atomic mass is 16.1. The lowest BCUT2D eigenvalue weighted by Gasteiger charge is -2.24. The van der Waals surface area contributed by atoms with Gasteiger partial charge in [-0.15, -0.1) is 0 Å². The SMILES string of the molecule is CCCC(CN)C(=O)NCCN(C)C1CCCC1. The molecule has 1 amide bonds. The fraction of sp³-hybridized carbons (Fsp3) is 0.929. The second-order valence-corrected chi connectivity index (χ2v) is 5.43. The van der Waals surface area contributed by atoms with E-state index in [9.17, 15) is 4.79 Å². The van der Waals surface area contributed by atoms with Gasteiger partial charge < -0.3 is 16.0 Å². The van der Waals surface area contributed by atoms with Crippen LogP contribution in [0.5, 0.6) is 0 Å². The molecule has 1 unspecified atom stereocenters. The molecule has 3 N–H and O–H groups in total. The topological polar surface area (TPSA) is 58.4 Å². The lowest BCUT2D eigenvalue weighted by Crippen LogP contribution is -2.41. The molecule has 0 aromatic heterocycles. The number of amides is 1. The summed E-state index contributed by atoms with van der Waals surface area (Å²) in [7, 11) is 2.16. The van der Waals surface area contributed by atoms with Crippen molar-refractivity contribution in [3.63, 3.8) is 0 Å². The highest BCUT2D eigenvalue weighted by molar-refractivity contribution is 5.78. The first-order valence-corrected chi connectivity index (χ1v) is 7.37. The molecule has 1 rings (SSSR count). The number of nitrogens with two attached hydrogens (primary N) is 1. The van der Waals surface area contributed by atoms with E-state index in [1.807, 2.05) is 0 Å². The van der Waals surface area contributed by atoms with E-state index < -0.39 is 0 Å². The molecule has 4 nitrogen and oxygen atoms in total. The Morgan fingerprint density at radius 1 is 1.44 bits per heavy atom. The predicted molar refractivity (Wildman–Crippen MR) is 75.3 cm³/mol. The Morgan fingerprint density at radius 2 is 2.11 bits per heavy atom. The van der Waals surface area contributed by atoms with Gasteiger partial charge in [-0.05, 0) is 26.3 Å². The summed E-state index contributed by atoms with van der Waals surface area (Å²) >= 11 is 0. The second-order valence-electron chi connectivity index (χ2n) is 5.43. The number of likely N-dealkylation sites (N-methyl/N-ethyl adjacent to an activating group) is 1. The third-order valence-corrected chi connectivity index (χ3v) is 4.00. The normalized spacial score (nSPS) is 18.2. The van der Waals surface area contributed by atoms with E-state index in [1.54, 1.807) is 0 Å². The van der Waals surface area contributed by atoms with Crippen molar-refractivity contribution in [2.45, 2.75) is 51.5 Å². The molecule has 4 heteroatoms. The monoisotopic (exact) mass is 255 g/mol. The van der Waals surface area contributed by atoms with E-state index in [4.69, 9.17) is 5.73 Å². The zero-order chi connectivity index (χ0) is 13.4. The molecule has 18 heavy (non-hydrogen) atoms. The molecule has 1 aliphatic rings. The van der Waals surface area contributed by atoms with Crippen LogP contribution >= 0.6 is 0 Å². The molecular formula is C14H29N3O. The van der Waals surface area contributed by atoms with Crippen molar-refractivity contribution in [3.8, 4) is 0 Å². The van der Waals surface area contributed by atoms with Gasteiger partial charge in [0.15, 0.2) is 0 Å². The first-order valence-electron chi connectivity index (χ1n) is 7.37. The number of nitrogens with one attached hydrogen (secondary N) is 1. The number of hydrogen-bond acceptors (Lipinski definition) is 3. The van der Waals surface area contributed by atoms with Crippen LogP contribution < -0.4 is 11.1 Å². The molecule has 0 aliphatic heterocycles. The van der Waals surface area contributed by atoms with Crippen molar-refractivity contribution in [2.24, 2.45) is 11.7 Å². The number of nitrogens with zero attached hydrogens (tertiary/aromatic N) is 1. The number of rotatable bonds is 8. The van der Waals surface area contributed by atoms with Crippen molar-refractivity contribution >= 4 is 5.91 Å². The van der Waals surface area contributed by atoms with Crippen LogP contribution in [0.15, 0.2) is 0 Å². The maximum atomic E-state index is 11.9. The maximum Gasteiger partial charge on any atom is 0.224 e. The quantitative estimate of drug-likeness (QED) is 0.688. The molecule has 0 saturated heterocycles. The molecule has 0 bridgehead atoms. The summed E-state index contributed by atoms with van der Waals surface area (Å²) in [5.41, 5.74) is 5.62. The Hall–Kier alpha value is -0.610. The third kappa shape index (κ3) is 4.94. The van der Waals surface area contributed by atoms with Gasteiger partial charge in [0.05, 0.1) is 5.92 Å². The van der Waals surface area contributed by atoms with Gasteiger partial charge in [-0.3, -0.25) is 4.79 Å². The van der Waals surface area contributed by atoms with Gasteiger partial charge in [0.25, 0.3) is 0 Å². The van der Waals surface area contributed by atoms with Crippen molar-refractivity contribution < 1.29 is 4.79 Å². The van der Waals surface area contributed by atoms with Gasteiger partial charge in [-0.1, -0.05) is 26.2 Å². The fourth-order valence-electron chi connectivity index (χ4n) is 2.73. The van der Waals surface area contributed by atoms with E-state index in [0.717, 1.165) is 32.0 Å². The van der Waals surface area contributed by atoms with E-state index in [-0.39, 0.29) is 11.8 Å². The van der Waals surface area contributed by atoms with Crippen LogP contribution in [0.25, 0.3) is 0 Å². The molecule has 1 atom stereocenters. The van der Waals surface area contributed by atoms with Gasteiger partial charge in [-0.25, -0.2) is 0 Å². The molecule has 1 aliphatic carbocycles. The lowest BCUT2D eigenvalue weighted by atomic mass is 10.0. The van der Waals surface area contributed by atoms with Gasteiger partial charge in [0.1, 0.15) is 0 Å². The van der Waals surface area contributed by atoms with Crippen molar-refractivity contribution in [1.82, 2.24) is 10.2 Å². The predicted octanol–water partition coefficient (Wildman–Crippen LogP) is 1.35. The van der Waals surface area contributed by atoms with Crippen LogP contribution in [-0.4, -0.2) is 43.5 Å². The summed E-state index contributed by atoms with van der Waals surface area (Å²) in [6.45, 7) is 4.23. The first kappa shape index (κ1) is 15.4. The largest absolute Gasteiger partial charge is 0.355 e. The van der Waals surface area contributed by atoms with E-state index >= 15 is 0 Å². The molecule has 106 valence electrons. The van der Waals surface area contributed by atoms with Crippen LogP contribution in [-0.2, 0) is 4.79 Å². The second kappa shape index (κ2) is 8.48. The lowest BCUT2D eigenvalue weighted by molar-refractivity contribution is -0.124. The minimum absolute atomic E-state index is 0.00760. The molecule has 0 aromatic carbocycles. The van der Waals surface area contributed by atoms with Gasteiger partial charge >= 0.3 is 0 Å². The van der Waals surface area contributed by atoms with Crippen molar-refractivity contribution in [3.05, 3.63) is 0 Å². The summed E-state index contributed by atoms with van der Waals surface area (Å²) in [5.74, 6) is 0.117. The average Bonchev–Trinajstić information content (AvgIpc) is 2.89. The van der Waals surface area contributed by atoms with Gasteiger partial charge in [0.2, 0.25) is 5.91 Å². The van der Waals surface area contributed by atoms with Crippen LogP contribution in [0.3, 0.4) is 0 Å². The zero-order valence-electron chi connectivity index (χ0n) is 12.0. The summed E-state index contributed by atoms with van der Waals surface area (Å²) in [5, 5.41) is 3.01. The molecule has 0 radical (unpaired) electrons. The van der Waals surface area contributed by atoms with Crippen LogP contribution in [0.2, 0.25) is 0 Å². The Morgan fingerprint density at radius 3 is 2.67 bits per heavy atom. The highest BCUT2D eigenvalue weighted by Crippen LogP contribution is 2.21. The summed E-state index contributed by atoms with van der Waals surface area (Å²) in [6, 6.07) is 0.725. The van der Waals surface area contributed by atoms with Crippen LogP contribution in [0, 0.1) is 5.92 Å². The van der Waals surface area contributed by atoms with Gasteiger partial charge in [-0.2, -0.15) is 0 Å². The minimum Gasteiger partial charge on any atom is -0.355 e.